The van der Waals surface area contributed by atoms with E-state index in [1.807, 2.05) is 6.08 Å². The fourth-order valence-electron chi connectivity index (χ4n) is 8.77. The molecule has 4 nitrogen and oxygen atoms in total. The van der Waals surface area contributed by atoms with E-state index in [1.54, 1.807) is 5.57 Å². The first-order valence-electron chi connectivity index (χ1n) is 14.3. The maximum absolute atomic E-state index is 12.3. The van der Waals surface area contributed by atoms with Crippen molar-refractivity contribution in [3.63, 3.8) is 0 Å². The van der Waals surface area contributed by atoms with E-state index in [-0.39, 0.29) is 23.7 Å². The average molecular weight is 500 g/mol. The monoisotopic (exact) mass is 499 g/mol. The Hall–Kier alpha value is -2.43. The normalized spacial score (nSPS) is 33.2. The summed E-state index contributed by atoms with van der Waals surface area (Å²) in [6.45, 7) is 6.77. The highest BCUT2D eigenvalue weighted by molar-refractivity contribution is 5.93. The maximum Gasteiger partial charge on any atom is 0.156 e. The van der Waals surface area contributed by atoms with Crippen LogP contribution in [0.2, 0.25) is 0 Å². The van der Waals surface area contributed by atoms with Gasteiger partial charge >= 0.3 is 0 Å². The number of aliphatic hydroxyl groups excluding tert-OH is 1. The quantitative estimate of drug-likeness (QED) is 0.494. The Kier molecular flexibility index (Phi) is 6.12. The maximum atomic E-state index is 12.3. The molecule has 4 aliphatic carbocycles. The molecule has 1 aromatic heterocycles. The summed E-state index contributed by atoms with van der Waals surface area (Å²) in [6.07, 6.45) is 9.60. The third-order valence-electron chi connectivity index (χ3n) is 10.6. The zero-order valence-electron chi connectivity index (χ0n) is 22.6. The highest BCUT2D eigenvalue weighted by atomic mass is 16.3. The molecule has 0 bridgehead atoms. The average Bonchev–Trinajstić information content (AvgIpc) is 3.36. The van der Waals surface area contributed by atoms with Gasteiger partial charge in [-0.15, -0.1) is 0 Å². The molecule has 1 aromatic carbocycles. The minimum Gasteiger partial charge on any atom is -0.396 e. The Morgan fingerprint density at radius 2 is 1.73 bits per heavy atom. The van der Waals surface area contributed by atoms with Crippen molar-refractivity contribution in [3.05, 3.63) is 76.1 Å². The van der Waals surface area contributed by atoms with E-state index in [0.29, 0.717) is 31.1 Å². The number of carbonyl (C=O) groups is 1. The van der Waals surface area contributed by atoms with E-state index in [1.165, 1.54) is 33.8 Å². The predicted molar refractivity (Wildman–Crippen MR) is 147 cm³/mol. The van der Waals surface area contributed by atoms with Crippen LogP contribution in [0.25, 0.3) is 5.69 Å². The van der Waals surface area contributed by atoms with Crippen molar-refractivity contribution in [1.29, 1.82) is 0 Å². The summed E-state index contributed by atoms with van der Waals surface area (Å²) in [4.78, 5) is 12.3. The Bertz CT molecular complexity index is 1260. The van der Waals surface area contributed by atoms with Crippen LogP contribution in [0.1, 0.15) is 87.6 Å². The van der Waals surface area contributed by atoms with Crippen molar-refractivity contribution in [3.8, 4) is 5.69 Å². The second-order valence-electron chi connectivity index (χ2n) is 12.4. The van der Waals surface area contributed by atoms with Crippen molar-refractivity contribution >= 4 is 5.78 Å². The number of aromatic nitrogens is 1. The zero-order chi connectivity index (χ0) is 25.9. The zero-order valence-corrected chi connectivity index (χ0v) is 22.6. The van der Waals surface area contributed by atoms with Crippen molar-refractivity contribution in [1.82, 2.24) is 4.57 Å². The van der Waals surface area contributed by atoms with E-state index in [9.17, 15) is 15.0 Å². The number of benzene rings is 1. The molecule has 37 heavy (non-hydrogen) atoms. The summed E-state index contributed by atoms with van der Waals surface area (Å²) in [5, 5.41) is 21.6. The second-order valence-corrected chi connectivity index (χ2v) is 12.4. The van der Waals surface area contributed by atoms with Crippen LogP contribution in [0.15, 0.2) is 59.2 Å². The number of ketones is 1. The van der Waals surface area contributed by atoms with Gasteiger partial charge in [-0.3, -0.25) is 4.79 Å². The number of aliphatic hydroxyl groups is 2. The van der Waals surface area contributed by atoms with Gasteiger partial charge in [0.2, 0.25) is 0 Å². The van der Waals surface area contributed by atoms with Crippen molar-refractivity contribution in [2.45, 2.75) is 90.1 Å². The highest BCUT2D eigenvalue weighted by Crippen LogP contribution is 2.67. The lowest BCUT2D eigenvalue weighted by atomic mass is 9.51. The molecule has 2 fully saturated rings. The SMILES string of the molecule is Cc1ccc(C)n1-c1ccc([C@H]2C[C@@]3(C)[C@@H](CC[C@@]3(O)CCCO)[C@@H]3CCC4=CC(=O)CCC4=C32)cc1. The van der Waals surface area contributed by atoms with Crippen molar-refractivity contribution in [2.75, 3.05) is 6.61 Å². The first-order chi connectivity index (χ1) is 17.8. The van der Waals surface area contributed by atoms with Gasteiger partial charge in [0.15, 0.2) is 5.78 Å². The van der Waals surface area contributed by atoms with Gasteiger partial charge < -0.3 is 14.8 Å². The minimum absolute atomic E-state index is 0.132. The largest absolute Gasteiger partial charge is 0.396 e. The summed E-state index contributed by atoms with van der Waals surface area (Å²) < 4.78 is 2.30. The van der Waals surface area contributed by atoms with Gasteiger partial charge in [-0.1, -0.05) is 24.6 Å². The Morgan fingerprint density at radius 1 is 1.00 bits per heavy atom. The standard InChI is InChI=1S/C33H41NO3/c1-21-5-6-22(2)34(21)25-10-7-23(8-11-25)29-20-32(3)30(15-17-33(32,37)16-4-18-35)28-13-9-24-19-26(36)12-14-27(24)31(28)29/h5-8,10-11,19,28-30,35,37H,4,9,12-18,20H2,1-3H3/t28-,29+,30-,32-,33-/m0/s1. The smallest absolute Gasteiger partial charge is 0.156 e. The molecule has 0 aliphatic heterocycles. The van der Waals surface area contributed by atoms with Gasteiger partial charge in [-0.25, -0.2) is 0 Å². The molecule has 2 saturated carbocycles. The third-order valence-corrected chi connectivity index (χ3v) is 10.6. The number of hydrogen-bond donors (Lipinski definition) is 2. The predicted octanol–water partition coefficient (Wildman–Crippen LogP) is 6.50. The van der Waals surface area contributed by atoms with Gasteiger partial charge in [0.25, 0.3) is 0 Å². The molecule has 0 unspecified atom stereocenters. The Labute approximate surface area is 221 Å². The Morgan fingerprint density at radius 3 is 2.43 bits per heavy atom. The summed E-state index contributed by atoms with van der Waals surface area (Å²) in [7, 11) is 0. The van der Waals surface area contributed by atoms with E-state index in [0.717, 1.165) is 38.5 Å². The molecule has 0 amide bonds. The highest BCUT2D eigenvalue weighted by Gasteiger charge is 2.62. The number of carbonyl (C=O) groups excluding carboxylic acids is 1. The van der Waals surface area contributed by atoms with Gasteiger partial charge in [-0.05, 0) is 124 Å². The summed E-state index contributed by atoms with van der Waals surface area (Å²) in [6, 6.07) is 13.4. The summed E-state index contributed by atoms with van der Waals surface area (Å²) in [5.74, 6) is 1.44. The molecular weight excluding hydrogens is 458 g/mol. The minimum atomic E-state index is -0.729. The van der Waals surface area contributed by atoms with Crippen LogP contribution < -0.4 is 0 Å². The lowest BCUT2D eigenvalue weighted by Crippen LogP contribution is -2.51. The van der Waals surface area contributed by atoms with Gasteiger partial charge in [-0.2, -0.15) is 0 Å². The van der Waals surface area contributed by atoms with Crippen LogP contribution >= 0.6 is 0 Å². The topological polar surface area (TPSA) is 62.5 Å². The molecular formula is C33H41NO3. The molecule has 2 aromatic rings. The van der Waals surface area contributed by atoms with E-state index >= 15 is 0 Å². The van der Waals surface area contributed by atoms with E-state index in [2.05, 4.69) is 61.7 Å². The molecule has 1 heterocycles. The number of nitrogens with zero attached hydrogens (tertiary/aromatic N) is 1. The van der Waals surface area contributed by atoms with E-state index < -0.39 is 5.60 Å². The Balaban J connectivity index is 1.46. The molecule has 2 N–H and O–H groups in total. The molecule has 0 saturated heterocycles. The lowest BCUT2D eigenvalue weighted by Gasteiger charge is -2.55. The van der Waals surface area contributed by atoms with Crippen molar-refractivity contribution < 1.29 is 15.0 Å². The summed E-state index contributed by atoms with van der Waals surface area (Å²) >= 11 is 0. The molecule has 5 atom stereocenters. The van der Waals surface area contributed by atoms with Crippen LogP contribution in [0.3, 0.4) is 0 Å². The molecule has 196 valence electrons. The molecule has 0 radical (unpaired) electrons. The van der Waals surface area contributed by atoms with Crippen LogP contribution in [0, 0.1) is 31.1 Å². The van der Waals surface area contributed by atoms with E-state index in [4.69, 9.17) is 0 Å². The van der Waals surface area contributed by atoms with Crippen LogP contribution in [0.5, 0.6) is 0 Å². The first kappa shape index (κ1) is 24.9. The third kappa shape index (κ3) is 3.82. The fourth-order valence-corrected chi connectivity index (χ4v) is 8.77. The molecule has 0 spiro atoms. The number of fused-ring (bicyclic) bond motifs is 4. The summed E-state index contributed by atoms with van der Waals surface area (Å²) in [5.41, 5.74) is 8.37. The molecule has 4 heteroatoms. The first-order valence-corrected chi connectivity index (χ1v) is 14.3. The number of allylic oxidation sites excluding steroid dienone is 4. The second kappa shape index (κ2) is 9.10. The molecule has 6 rings (SSSR count). The van der Waals surface area contributed by atoms with Crippen LogP contribution in [-0.2, 0) is 4.79 Å². The lowest BCUT2D eigenvalue weighted by molar-refractivity contribution is -0.114. The number of aryl methyl sites for hydroxylation is 2. The fraction of sp³-hybridized carbons (Fsp3) is 0.545. The van der Waals surface area contributed by atoms with Gasteiger partial charge in [0, 0.05) is 41.4 Å². The van der Waals surface area contributed by atoms with Gasteiger partial charge in [0.05, 0.1) is 5.60 Å². The number of hydrogen-bond acceptors (Lipinski definition) is 3. The number of rotatable bonds is 5. The van der Waals surface area contributed by atoms with Crippen molar-refractivity contribution in [2.24, 2.45) is 17.3 Å². The molecule has 4 aliphatic rings. The van der Waals surface area contributed by atoms with Gasteiger partial charge in [0.1, 0.15) is 0 Å². The van der Waals surface area contributed by atoms with Crippen LogP contribution in [0.4, 0.5) is 0 Å². The van der Waals surface area contributed by atoms with Crippen LogP contribution in [-0.4, -0.2) is 32.8 Å².